The number of hydrogen-bond donors (Lipinski definition) is 1. The molecular formula is C12H12F2O4. The summed E-state index contributed by atoms with van der Waals surface area (Å²) >= 11 is 0. The third kappa shape index (κ3) is 3.26. The van der Waals surface area contributed by atoms with Crippen LogP contribution >= 0.6 is 0 Å². The van der Waals surface area contributed by atoms with Crippen molar-refractivity contribution in [2.24, 2.45) is 5.92 Å². The highest BCUT2D eigenvalue weighted by molar-refractivity contribution is 5.94. The monoisotopic (exact) mass is 258 g/mol. The number of aliphatic carboxylic acids is 1. The molecule has 0 aromatic heterocycles. The molecule has 0 aliphatic heterocycles. The first kappa shape index (κ1) is 14.1. The lowest BCUT2D eigenvalue weighted by Gasteiger charge is -2.12. The minimum Gasteiger partial charge on any atom is -0.481 e. The van der Waals surface area contributed by atoms with Gasteiger partial charge < -0.3 is 9.84 Å². The van der Waals surface area contributed by atoms with Crippen LogP contribution in [0.3, 0.4) is 0 Å². The van der Waals surface area contributed by atoms with E-state index in [0.717, 1.165) is 18.2 Å². The standard InChI is InChI=1S/C12H12F2O4/c1-2-18-12(17)8(11(15)16)6-7-9(13)4-3-5-10(7)14/h3-5,8H,2,6H2,1H3,(H,15,16). The molecule has 1 aromatic carbocycles. The maximum Gasteiger partial charge on any atom is 0.320 e. The summed E-state index contributed by atoms with van der Waals surface area (Å²) in [6, 6.07) is 3.17. The fourth-order valence-electron chi connectivity index (χ4n) is 1.45. The fourth-order valence-corrected chi connectivity index (χ4v) is 1.45. The van der Waals surface area contributed by atoms with Crippen molar-refractivity contribution >= 4 is 11.9 Å². The van der Waals surface area contributed by atoms with Gasteiger partial charge in [-0.1, -0.05) is 6.07 Å². The van der Waals surface area contributed by atoms with Crippen LogP contribution < -0.4 is 0 Å². The Balaban J connectivity index is 2.97. The highest BCUT2D eigenvalue weighted by Gasteiger charge is 2.30. The van der Waals surface area contributed by atoms with Crippen LogP contribution in [-0.4, -0.2) is 23.7 Å². The Morgan fingerprint density at radius 1 is 1.33 bits per heavy atom. The van der Waals surface area contributed by atoms with Crippen LogP contribution in [-0.2, 0) is 20.7 Å². The average molecular weight is 258 g/mol. The molecule has 1 rings (SSSR count). The van der Waals surface area contributed by atoms with Crippen LogP contribution in [0.1, 0.15) is 12.5 Å². The Hall–Kier alpha value is -1.98. The predicted octanol–water partition coefficient (Wildman–Crippen LogP) is 1.77. The van der Waals surface area contributed by atoms with Crippen LogP contribution in [0, 0.1) is 17.6 Å². The van der Waals surface area contributed by atoms with Crippen molar-refractivity contribution in [3.8, 4) is 0 Å². The van der Waals surface area contributed by atoms with E-state index in [-0.39, 0.29) is 6.61 Å². The quantitative estimate of drug-likeness (QED) is 0.645. The van der Waals surface area contributed by atoms with Gasteiger partial charge in [-0.3, -0.25) is 9.59 Å². The van der Waals surface area contributed by atoms with Gasteiger partial charge in [-0.25, -0.2) is 8.78 Å². The van der Waals surface area contributed by atoms with E-state index >= 15 is 0 Å². The summed E-state index contributed by atoms with van der Waals surface area (Å²) in [7, 11) is 0. The third-order valence-electron chi connectivity index (χ3n) is 2.34. The van der Waals surface area contributed by atoms with E-state index in [0.29, 0.717) is 0 Å². The minimum absolute atomic E-state index is 0.00235. The second kappa shape index (κ2) is 6.09. The van der Waals surface area contributed by atoms with Gasteiger partial charge in [0.1, 0.15) is 11.6 Å². The molecule has 0 aliphatic rings. The summed E-state index contributed by atoms with van der Waals surface area (Å²) < 4.78 is 31.2. The smallest absolute Gasteiger partial charge is 0.320 e. The molecule has 4 nitrogen and oxygen atoms in total. The van der Waals surface area contributed by atoms with E-state index in [9.17, 15) is 18.4 Å². The van der Waals surface area contributed by atoms with Gasteiger partial charge in [0.25, 0.3) is 0 Å². The first-order chi connectivity index (χ1) is 8.47. The Morgan fingerprint density at radius 2 is 1.89 bits per heavy atom. The summed E-state index contributed by atoms with van der Waals surface area (Å²) in [5.74, 6) is -5.86. The van der Waals surface area contributed by atoms with E-state index in [4.69, 9.17) is 5.11 Å². The topological polar surface area (TPSA) is 63.6 Å². The SMILES string of the molecule is CCOC(=O)C(Cc1c(F)cccc1F)C(=O)O. The van der Waals surface area contributed by atoms with E-state index in [2.05, 4.69) is 4.74 Å². The van der Waals surface area contributed by atoms with Gasteiger partial charge in [0, 0.05) is 12.0 Å². The Bertz CT molecular complexity index is 439. The molecule has 98 valence electrons. The van der Waals surface area contributed by atoms with E-state index in [1.54, 1.807) is 0 Å². The number of carboxylic acids is 1. The zero-order valence-electron chi connectivity index (χ0n) is 9.65. The van der Waals surface area contributed by atoms with Crippen molar-refractivity contribution < 1.29 is 28.2 Å². The summed E-state index contributed by atoms with van der Waals surface area (Å²) in [5, 5.41) is 8.87. The normalized spacial score (nSPS) is 11.9. The highest BCUT2D eigenvalue weighted by Crippen LogP contribution is 2.18. The molecule has 1 unspecified atom stereocenters. The minimum atomic E-state index is -1.61. The third-order valence-corrected chi connectivity index (χ3v) is 2.34. The van der Waals surface area contributed by atoms with Gasteiger partial charge in [-0.05, 0) is 19.1 Å². The van der Waals surface area contributed by atoms with Crippen molar-refractivity contribution in [2.45, 2.75) is 13.3 Å². The van der Waals surface area contributed by atoms with Crippen LogP contribution in [0.15, 0.2) is 18.2 Å². The van der Waals surface area contributed by atoms with Crippen LogP contribution in [0.2, 0.25) is 0 Å². The molecule has 0 bridgehead atoms. The van der Waals surface area contributed by atoms with Crippen LogP contribution in [0.4, 0.5) is 8.78 Å². The van der Waals surface area contributed by atoms with Crippen molar-refractivity contribution in [3.05, 3.63) is 35.4 Å². The molecular weight excluding hydrogens is 246 g/mol. The fraction of sp³-hybridized carbons (Fsp3) is 0.333. The maximum absolute atomic E-state index is 13.3. The molecule has 0 saturated heterocycles. The molecule has 0 saturated carbocycles. The Kier molecular flexibility index (Phi) is 4.76. The molecule has 0 aliphatic carbocycles. The lowest BCUT2D eigenvalue weighted by atomic mass is 9.98. The maximum atomic E-state index is 13.3. The van der Waals surface area contributed by atoms with Crippen molar-refractivity contribution in [1.29, 1.82) is 0 Å². The number of carboxylic acid groups (broad SMARTS) is 1. The molecule has 1 N–H and O–H groups in total. The van der Waals surface area contributed by atoms with E-state index in [1.165, 1.54) is 6.92 Å². The van der Waals surface area contributed by atoms with E-state index < -0.39 is 41.5 Å². The number of hydrogen-bond acceptors (Lipinski definition) is 3. The van der Waals surface area contributed by atoms with Gasteiger partial charge in [-0.15, -0.1) is 0 Å². The van der Waals surface area contributed by atoms with Gasteiger partial charge in [0.2, 0.25) is 0 Å². The number of ether oxygens (including phenoxy) is 1. The zero-order chi connectivity index (χ0) is 13.7. The number of benzene rings is 1. The molecule has 0 fully saturated rings. The predicted molar refractivity (Wildman–Crippen MR) is 57.8 cm³/mol. The lowest BCUT2D eigenvalue weighted by Crippen LogP contribution is -2.28. The van der Waals surface area contributed by atoms with Gasteiger partial charge in [0.05, 0.1) is 6.61 Å². The summed E-state index contributed by atoms with van der Waals surface area (Å²) in [6.07, 6.45) is -0.577. The molecule has 1 aromatic rings. The molecule has 6 heteroatoms. The second-order valence-corrected chi connectivity index (χ2v) is 3.55. The number of carbonyl (C=O) groups excluding carboxylic acids is 1. The number of rotatable bonds is 5. The van der Waals surface area contributed by atoms with E-state index in [1.807, 2.05) is 0 Å². The number of halogens is 2. The zero-order valence-corrected chi connectivity index (χ0v) is 9.65. The molecule has 18 heavy (non-hydrogen) atoms. The Morgan fingerprint density at radius 3 is 2.33 bits per heavy atom. The number of esters is 1. The first-order valence-corrected chi connectivity index (χ1v) is 5.29. The van der Waals surface area contributed by atoms with Crippen molar-refractivity contribution in [1.82, 2.24) is 0 Å². The van der Waals surface area contributed by atoms with Gasteiger partial charge in [0.15, 0.2) is 5.92 Å². The highest BCUT2D eigenvalue weighted by atomic mass is 19.1. The Labute approximate surface area is 102 Å². The molecule has 0 amide bonds. The average Bonchev–Trinajstić information content (AvgIpc) is 2.28. The molecule has 1 atom stereocenters. The molecule has 0 heterocycles. The summed E-state index contributed by atoms with van der Waals surface area (Å²) in [4.78, 5) is 22.3. The molecule has 0 spiro atoms. The lowest BCUT2D eigenvalue weighted by molar-refractivity contribution is -0.158. The first-order valence-electron chi connectivity index (χ1n) is 5.29. The van der Waals surface area contributed by atoms with Gasteiger partial charge >= 0.3 is 11.9 Å². The summed E-state index contributed by atoms with van der Waals surface area (Å²) in [6.45, 7) is 1.52. The van der Waals surface area contributed by atoms with Crippen LogP contribution in [0.25, 0.3) is 0 Å². The van der Waals surface area contributed by atoms with Gasteiger partial charge in [-0.2, -0.15) is 0 Å². The largest absolute Gasteiger partial charge is 0.481 e. The second-order valence-electron chi connectivity index (χ2n) is 3.55. The number of carbonyl (C=O) groups is 2. The van der Waals surface area contributed by atoms with Crippen molar-refractivity contribution in [2.75, 3.05) is 6.61 Å². The van der Waals surface area contributed by atoms with Crippen LogP contribution in [0.5, 0.6) is 0 Å². The molecule has 0 radical (unpaired) electrons. The van der Waals surface area contributed by atoms with Crippen molar-refractivity contribution in [3.63, 3.8) is 0 Å². The summed E-state index contributed by atoms with van der Waals surface area (Å²) in [5.41, 5.74) is -0.432.